The molecule has 0 atom stereocenters. The lowest BCUT2D eigenvalue weighted by atomic mass is 9.80. The normalized spacial score (nSPS) is 19.8. The number of hydrogen-bond acceptors (Lipinski definition) is 3. The average molecular weight is 181 g/mol. The zero-order valence-corrected chi connectivity index (χ0v) is 7.88. The van der Waals surface area contributed by atoms with Gasteiger partial charge in [-0.25, -0.2) is 0 Å². The number of rotatable bonds is 4. The van der Waals surface area contributed by atoms with Crippen molar-refractivity contribution in [3.8, 4) is 0 Å². The maximum Gasteiger partial charge on any atom is 0.114 e. The van der Waals surface area contributed by atoms with Gasteiger partial charge < -0.3 is 14.5 Å². The van der Waals surface area contributed by atoms with Crippen molar-refractivity contribution in [2.75, 3.05) is 26.8 Å². The number of nitrogens with one attached hydrogen (secondary N) is 1. The van der Waals surface area contributed by atoms with Crippen LogP contribution in [0.4, 0.5) is 0 Å². The second-order valence-electron chi connectivity index (χ2n) is 3.60. The van der Waals surface area contributed by atoms with E-state index in [-0.39, 0.29) is 5.41 Å². The molecule has 1 aliphatic heterocycles. The van der Waals surface area contributed by atoms with Gasteiger partial charge in [0.2, 0.25) is 0 Å². The van der Waals surface area contributed by atoms with Gasteiger partial charge in [-0.15, -0.1) is 0 Å². The van der Waals surface area contributed by atoms with Crippen molar-refractivity contribution in [3.05, 3.63) is 24.2 Å². The zero-order valence-electron chi connectivity index (χ0n) is 7.88. The first kappa shape index (κ1) is 8.78. The van der Waals surface area contributed by atoms with Crippen molar-refractivity contribution in [1.82, 2.24) is 5.32 Å². The molecule has 72 valence electrons. The summed E-state index contributed by atoms with van der Waals surface area (Å²) in [7, 11) is 1.97. The summed E-state index contributed by atoms with van der Waals surface area (Å²) in [5, 5.41) is 3.16. The van der Waals surface area contributed by atoms with Crippen LogP contribution in [-0.4, -0.2) is 26.8 Å². The second-order valence-corrected chi connectivity index (χ2v) is 3.60. The molecule has 3 heteroatoms. The van der Waals surface area contributed by atoms with Crippen molar-refractivity contribution < 1.29 is 9.15 Å². The molecule has 1 aromatic rings. The van der Waals surface area contributed by atoms with Crippen LogP contribution in [0.5, 0.6) is 0 Å². The first-order valence-electron chi connectivity index (χ1n) is 4.64. The average Bonchev–Trinajstić information content (AvgIpc) is 2.56. The van der Waals surface area contributed by atoms with Gasteiger partial charge in [-0.05, 0) is 32.1 Å². The Kier molecular flexibility index (Phi) is 2.38. The van der Waals surface area contributed by atoms with Crippen LogP contribution < -0.4 is 5.32 Å². The first-order chi connectivity index (χ1) is 6.37. The zero-order chi connectivity index (χ0) is 9.15. The van der Waals surface area contributed by atoms with Crippen LogP contribution >= 0.6 is 0 Å². The molecule has 2 rings (SSSR count). The van der Waals surface area contributed by atoms with E-state index in [1.54, 1.807) is 6.26 Å². The van der Waals surface area contributed by atoms with Gasteiger partial charge in [0.05, 0.1) is 24.9 Å². The number of ether oxygens (including phenoxy) is 1. The Morgan fingerprint density at radius 2 is 2.38 bits per heavy atom. The SMILES string of the molecule is CNCCC1(c2ccco2)COC1. The predicted octanol–water partition coefficient (Wildman–Crippen LogP) is 1.16. The Hall–Kier alpha value is -0.800. The smallest absolute Gasteiger partial charge is 0.114 e. The molecule has 0 radical (unpaired) electrons. The number of hydrogen-bond donors (Lipinski definition) is 1. The van der Waals surface area contributed by atoms with Gasteiger partial charge in [0.25, 0.3) is 0 Å². The summed E-state index contributed by atoms with van der Waals surface area (Å²) in [6.45, 7) is 2.59. The van der Waals surface area contributed by atoms with E-state index < -0.39 is 0 Å². The summed E-state index contributed by atoms with van der Waals surface area (Å²) in [5.74, 6) is 1.06. The molecule has 3 nitrogen and oxygen atoms in total. The molecular weight excluding hydrogens is 166 g/mol. The fraction of sp³-hybridized carbons (Fsp3) is 0.600. The Morgan fingerprint density at radius 1 is 1.54 bits per heavy atom. The Bertz CT molecular complexity index is 252. The molecule has 2 heterocycles. The van der Waals surface area contributed by atoms with Crippen LogP contribution in [0.25, 0.3) is 0 Å². The fourth-order valence-electron chi connectivity index (χ4n) is 1.70. The van der Waals surface area contributed by atoms with Crippen LogP contribution in [0.2, 0.25) is 0 Å². The molecule has 1 saturated heterocycles. The van der Waals surface area contributed by atoms with E-state index in [9.17, 15) is 0 Å². The van der Waals surface area contributed by atoms with E-state index in [0.29, 0.717) is 0 Å². The van der Waals surface area contributed by atoms with Crippen molar-refractivity contribution in [3.63, 3.8) is 0 Å². The summed E-state index contributed by atoms with van der Waals surface area (Å²) in [5.41, 5.74) is 0.145. The largest absolute Gasteiger partial charge is 0.469 e. The Morgan fingerprint density at radius 3 is 2.85 bits per heavy atom. The molecule has 0 bridgehead atoms. The molecule has 1 fully saturated rings. The quantitative estimate of drug-likeness (QED) is 0.756. The lowest BCUT2D eigenvalue weighted by Gasteiger charge is -2.39. The highest BCUT2D eigenvalue weighted by Gasteiger charge is 2.42. The van der Waals surface area contributed by atoms with Crippen molar-refractivity contribution in [2.24, 2.45) is 0 Å². The van der Waals surface area contributed by atoms with E-state index in [0.717, 1.165) is 31.9 Å². The monoisotopic (exact) mass is 181 g/mol. The fourth-order valence-corrected chi connectivity index (χ4v) is 1.70. The second kappa shape index (κ2) is 3.52. The van der Waals surface area contributed by atoms with Gasteiger partial charge in [0.1, 0.15) is 5.76 Å². The molecule has 0 saturated carbocycles. The highest BCUT2D eigenvalue weighted by Crippen LogP contribution is 2.35. The number of furan rings is 1. The molecule has 1 aromatic heterocycles. The minimum absolute atomic E-state index is 0.145. The van der Waals surface area contributed by atoms with Gasteiger partial charge in [-0.2, -0.15) is 0 Å². The van der Waals surface area contributed by atoms with Crippen LogP contribution in [0, 0.1) is 0 Å². The Labute approximate surface area is 78.1 Å². The molecule has 0 aromatic carbocycles. The van der Waals surface area contributed by atoms with Crippen molar-refractivity contribution >= 4 is 0 Å². The minimum atomic E-state index is 0.145. The molecule has 0 aliphatic carbocycles. The molecule has 1 N–H and O–H groups in total. The van der Waals surface area contributed by atoms with Gasteiger partial charge in [-0.3, -0.25) is 0 Å². The van der Waals surface area contributed by atoms with E-state index >= 15 is 0 Å². The third-order valence-electron chi connectivity index (χ3n) is 2.65. The highest BCUT2D eigenvalue weighted by molar-refractivity contribution is 5.17. The van der Waals surface area contributed by atoms with Crippen molar-refractivity contribution in [1.29, 1.82) is 0 Å². The van der Waals surface area contributed by atoms with Gasteiger partial charge in [0.15, 0.2) is 0 Å². The van der Waals surface area contributed by atoms with Crippen molar-refractivity contribution in [2.45, 2.75) is 11.8 Å². The van der Waals surface area contributed by atoms with E-state index in [1.807, 2.05) is 19.2 Å². The van der Waals surface area contributed by atoms with Crippen LogP contribution in [-0.2, 0) is 10.2 Å². The maximum atomic E-state index is 5.43. The van der Waals surface area contributed by atoms with E-state index in [4.69, 9.17) is 9.15 Å². The van der Waals surface area contributed by atoms with Gasteiger partial charge in [-0.1, -0.05) is 0 Å². The molecule has 0 unspecified atom stereocenters. The van der Waals surface area contributed by atoms with Gasteiger partial charge >= 0.3 is 0 Å². The summed E-state index contributed by atoms with van der Waals surface area (Å²) in [6.07, 6.45) is 2.81. The predicted molar refractivity (Wildman–Crippen MR) is 49.7 cm³/mol. The molecule has 1 aliphatic rings. The third kappa shape index (κ3) is 1.49. The lowest BCUT2D eigenvalue weighted by molar-refractivity contribution is -0.0736. The van der Waals surface area contributed by atoms with Crippen LogP contribution in [0.15, 0.2) is 22.8 Å². The topological polar surface area (TPSA) is 34.4 Å². The molecular formula is C10H15NO2. The van der Waals surface area contributed by atoms with E-state index in [1.165, 1.54) is 0 Å². The molecule has 0 spiro atoms. The standard InChI is InChI=1S/C10H15NO2/c1-11-5-4-10(7-12-8-10)9-3-2-6-13-9/h2-3,6,11H,4-5,7-8H2,1H3. The van der Waals surface area contributed by atoms with Crippen LogP contribution in [0.3, 0.4) is 0 Å². The highest BCUT2D eigenvalue weighted by atomic mass is 16.5. The van der Waals surface area contributed by atoms with Crippen LogP contribution in [0.1, 0.15) is 12.2 Å². The lowest BCUT2D eigenvalue weighted by Crippen LogP contribution is -2.48. The maximum absolute atomic E-state index is 5.43. The summed E-state index contributed by atoms with van der Waals surface area (Å²) in [4.78, 5) is 0. The first-order valence-corrected chi connectivity index (χ1v) is 4.64. The molecule has 13 heavy (non-hydrogen) atoms. The van der Waals surface area contributed by atoms with Gasteiger partial charge in [0, 0.05) is 0 Å². The third-order valence-corrected chi connectivity index (χ3v) is 2.65. The minimum Gasteiger partial charge on any atom is -0.469 e. The summed E-state index contributed by atoms with van der Waals surface area (Å²) >= 11 is 0. The summed E-state index contributed by atoms with van der Waals surface area (Å²) < 4.78 is 10.7. The molecule has 0 amide bonds. The summed E-state index contributed by atoms with van der Waals surface area (Å²) in [6, 6.07) is 3.98. The van der Waals surface area contributed by atoms with E-state index in [2.05, 4.69) is 5.32 Å². The Balaban J connectivity index is 2.07.